The van der Waals surface area contributed by atoms with Gasteiger partial charge in [0.15, 0.2) is 5.82 Å². The van der Waals surface area contributed by atoms with Crippen LogP contribution in [-0.2, 0) is 4.79 Å². The van der Waals surface area contributed by atoms with Gasteiger partial charge in [-0.25, -0.2) is 4.98 Å². The van der Waals surface area contributed by atoms with Gasteiger partial charge in [0, 0.05) is 32.0 Å². The van der Waals surface area contributed by atoms with Gasteiger partial charge >= 0.3 is 0 Å². The minimum absolute atomic E-state index is 0.0878. The molecule has 7 nitrogen and oxygen atoms in total. The molecule has 1 aliphatic heterocycles. The van der Waals surface area contributed by atoms with Crippen molar-refractivity contribution >= 4 is 34.4 Å². The summed E-state index contributed by atoms with van der Waals surface area (Å²) in [5, 5.41) is 0. The third-order valence-corrected chi connectivity index (χ3v) is 4.76. The molecule has 26 heavy (non-hydrogen) atoms. The summed E-state index contributed by atoms with van der Waals surface area (Å²) in [4.78, 5) is 29.7. The number of anilines is 3. The molecular formula is C19H20N6O. The Morgan fingerprint density at radius 3 is 2.81 bits per heavy atom. The van der Waals surface area contributed by atoms with Crippen molar-refractivity contribution in [3.05, 3.63) is 48.7 Å². The summed E-state index contributed by atoms with van der Waals surface area (Å²) in [6.45, 7) is 1.33. The third-order valence-electron chi connectivity index (χ3n) is 4.76. The summed E-state index contributed by atoms with van der Waals surface area (Å²) < 4.78 is 0. The molecule has 1 amide bonds. The van der Waals surface area contributed by atoms with Crippen molar-refractivity contribution in [2.24, 2.45) is 5.92 Å². The van der Waals surface area contributed by atoms with E-state index in [-0.39, 0.29) is 17.8 Å². The van der Waals surface area contributed by atoms with Crippen LogP contribution in [0.3, 0.4) is 0 Å². The van der Waals surface area contributed by atoms with Crippen LogP contribution in [0.15, 0.2) is 48.7 Å². The first-order valence-electron chi connectivity index (χ1n) is 8.59. The molecule has 0 unspecified atom stereocenters. The number of nitrogens with zero attached hydrogens (tertiary/aromatic N) is 5. The average molecular weight is 348 g/mol. The number of carbonyl (C=O) groups is 1. The number of hydrogen-bond donors (Lipinski definition) is 1. The van der Waals surface area contributed by atoms with Gasteiger partial charge in [-0.1, -0.05) is 18.2 Å². The molecule has 2 aromatic heterocycles. The van der Waals surface area contributed by atoms with Crippen LogP contribution in [0.4, 0.5) is 17.5 Å². The molecule has 1 aromatic carbocycles. The second-order valence-electron chi connectivity index (χ2n) is 6.44. The van der Waals surface area contributed by atoms with Crippen molar-refractivity contribution < 1.29 is 4.79 Å². The van der Waals surface area contributed by atoms with E-state index in [9.17, 15) is 4.79 Å². The topological polar surface area (TPSA) is 88.2 Å². The molecule has 3 aromatic rings. The molecule has 1 atom stereocenters. The molecule has 7 heteroatoms. The number of hydrogen-bond acceptors (Lipinski definition) is 6. The number of carbonyl (C=O) groups excluding carboxylic acids is 1. The molecule has 0 saturated carbocycles. The highest BCUT2D eigenvalue weighted by molar-refractivity contribution is 5.95. The van der Waals surface area contributed by atoms with E-state index in [0.717, 1.165) is 18.7 Å². The molecule has 132 valence electrons. The van der Waals surface area contributed by atoms with Crippen molar-refractivity contribution in [2.75, 3.05) is 35.7 Å². The molecule has 0 aliphatic carbocycles. The fourth-order valence-corrected chi connectivity index (χ4v) is 3.40. The van der Waals surface area contributed by atoms with Crippen LogP contribution in [0.25, 0.3) is 11.0 Å². The van der Waals surface area contributed by atoms with E-state index < -0.39 is 0 Å². The van der Waals surface area contributed by atoms with Crippen LogP contribution < -0.4 is 15.5 Å². The normalized spacial score (nSPS) is 16.8. The average Bonchev–Trinajstić information content (AvgIpc) is 3.17. The first-order chi connectivity index (χ1) is 12.6. The summed E-state index contributed by atoms with van der Waals surface area (Å²) >= 11 is 0. The Labute approximate surface area is 151 Å². The van der Waals surface area contributed by atoms with Gasteiger partial charge in [-0.15, -0.1) is 0 Å². The lowest BCUT2D eigenvalue weighted by Crippen LogP contribution is -2.34. The van der Waals surface area contributed by atoms with Crippen molar-refractivity contribution in [3.63, 3.8) is 0 Å². The molecule has 0 spiro atoms. The van der Waals surface area contributed by atoms with Crippen LogP contribution in [0.2, 0.25) is 0 Å². The van der Waals surface area contributed by atoms with E-state index in [1.165, 1.54) is 0 Å². The lowest BCUT2D eigenvalue weighted by atomic mass is 10.1. The van der Waals surface area contributed by atoms with Crippen LogP contribution in [0.1, 0.15) is 6.42 Å². The van der Waals surface area contributed by atoms with Crippen molar-refractivity contribution in [3.8, 4) is 0 Å². The maximum atomic E-state index is 12.9. The number of pyridine rings is 1. The summed E-state index contributed by atoms with van der Waals surface area (Å²) in [6.07, 6.45) is 2.49. The van der Waals surface area contributed by atoms with Gasteiger partial charge in [0.2, 0.25) is 11.9 Å². The predicted molar refractivity (Wildman–Crippen MR) is 102 cm³/mol. The Hall–Kier alpha value is -3.22. The Morgan fingerprint density at radius 1 is 1.19 bits per heavy atom. The number of rotatable bonds is 3. The van der Waals surface area contributed by atoms with Gasteiger partial charge in [-0.2, -0.15) is 4.98 Å². The van der Waals surface area contributed by atoms with Crippen molar-refractivity contribution in [1.29, 1.82) is 0 Å². The number of nitrogen functional groups attached to an aromatic ring is 1. The smallest absolute Gasteiger partial charge is 0.231 e. The zero-order chi connectivity index (χ0) is 18.1. The second kappa shape index (κ2) is 6.59. The number of nitrogens with two attached hydrogens (primary N) is 1. The SMILES string of the molecule is CN(C(=O)[C@@H]1CCN(c2nc(N)nc3cccnc23)C1)c1ccccc1. The number of para-hydroxylation sites is 1. The van der Waals surface area contributed by atoms with Gasteiger partial charge in [0.25, 0.3) is 0 Å². The minimum atomic E-state index is -0.0878. The number of benzene rings is 1. The fraction of sp³-hybridized carbons (Fsp3) is 0.263. The van der Waals surface area contributed by atoms with E-state index in [1.807, 2.05) is 49.5 Å². The number of fused-ring (bicyclic) bond motifs is 1. The standard InChI is InChI=1S/C19H20N6O/c1-24(14-6-3-2-4-7-14)18(26)13-9-11-25(12-13)17-16-15(8-5-10-21-16)22-19(20)23-17/h2-8,10,13H,9,11-12H2,1H3,(H2,20,22,23)/t13-/m1/s1. The van der Waals surface area contributed by atoms with Crippen LogP contribution in [0, 0.1) is 5.92 Å². The Morgan fingerprint density at radius 2 is 2.00 bits per heavy atom. The molecule has 1 saturated heterocycles. The first kappa shape index (κ1) is 16.3. The summed E-state index contributed by atoms with van der Waals surface area (Å²) in [7, 11) is 1.82. The van der Waals surface area contributed by atoms with Gasteiger partial charge in [0.05, 0.1) is 11.4 Å². The molecule has 1 fully saturated rings. The fourth-order valence-electron chi connectivity index (χ4n) is 3.40. The van der Waals surface area contributed by atoms with Crippen LogP contribution in [-0.4, -0.2) is 41.0 Å². The molecule has 0 bridgehead atoms. The van der Waals surface area contributed by atoms with E-state index in [0.29, 0.717) is 23.4 Å². The van der Waals surface area contributed by atoms with Crippen molar-refractivity contribution in [2.45, 2.75) is 6.42 Å². The Kier molecular flexibility index (Phi) is 4.12. The zero-order valence-corrected chi connectivity index (χ0v) is 14.5. The summed E-state index contributed by atoms with van der Waals surface area (Å²) in [6, 6.07) is 13.4. The summed E-state index contributed by atoms with van der Waals surface area (Å²) in [5.74, 6) is 0.940. The largest absolute Gasteiger partial charge is 0.368 e. The highest BCUT2D eigenvalue weighted by atomic mass is 16.2. The second-order valence-corrected chi connectivity index (χ2v) is 6.44. The van der Waals surface area contributed by atoms with E-state index in [4.69, 9.17) is 5.73 Å². The van der Waals surface area contributed by atoms with Gasteiger partial charge in [-0.05, 0) is 30.7 Å². The van der Waals surface area contributed by atoms with Gasteiger partial charge < -0.3 is 15.5 Å². The molecule has 1 aliphatic rings. The highest BCUT2D eigenvalue weighted by Gasteiger charge is 2.32. The molecule has 0 radical (unpaired) electrons. The lowest BCUT2D eigenvalue weighted by molar-refractivity contribution is -0.121. The third kappa shape index (κ3) is 2.92. The number of amides is 1. The van der Waals surface area contributed by atoms with Crippen molar-refractivity contribution in [1.82, 2.24) is 15.0 Å². The maximum absolute atomic E-state index is 12.9. The van der Waals surface area contributed by atoms with E-state index in [1.54, 1.807) is 11.1 Å². The zero-order valence-electron chi connectivity index (χ0n) is 14.5. The molecule has 4 rings (SSSR count). The van der Waals surface area contributed by atoms with E-state index in [2.05, 4.69) is 19.9 Å². The lowest BCUT2D eigenvalue weighted by Gasteiger charge is -2.22. The number of aromatic nitrogens is 3. The Bertz CT molecular complexity index is 945. The molecule has 3 heterocycles. The molecule has 2 N–H and O–H groups in total. The quantitative estimate of drug-likeness (QED) is 0.780. The monoisotopic (exact) mass is 348 g/mol. The summed E-state index contributed by atoms with van der Waals surface area (Å²) in [5.41, 5.74) is 8.18. The van der Waals surface area contributed by atoms with Crippen LogP contribution >= 0.6 is 0 Å². The van der Waals surface area contributed by atoms with E-state index >= 15 is 0 Å². The van der Waals surface area contributed by atoms with Gasteiger partial charge in [0.1, 0.15) is 5.52 Å². The van der Waals surface area contributed by atoms with Crippen LogP contribution in [0.5, 0.6) is 0 Å². The Balaban J connectivity index is 1.57. The van der Waals surface area contributed by atoms with Gasteiger partial charge in [-0.3, -0.25) is 9.78 Å². The first-order valence-corrected chi connectivity index (χ1v) is 8.59. The maximum Gasteiger partial charge on any atom is 0.231 e. The molecular weight excluding hydrogens is 328 g/mol. The minimum Gasteiger partial charge on any atom is -0.368 e. The predicted octanol–water partition coefficient (Wildman–Crippen LogP) is 2.10. The highest BCUT2D eigenvalue weighted by Crippen LogP contribution is 2.29.